The van der Waals surface area contributed by atoms with Gasteiger partial charge >= 0.3 is 0 Å². The number of pyridine rings is 1. The molecule has 4 nitrogen and oxygen atoms in total. The van der Waals surface area contributed by atoms with Crippen LogP contribution in [0.25, 0.3) is 10.9 Å². The highest BCUT2D eigenvalue weighted by Gasteiger charge is 2.10. The summed E-state index contributed by atoms with van der Waals surface area (Å²) in [6.07, 6.45) is 0. The van der Waals surface area contributed by atoms with Crippen molar-refractivity contribution >= 4 is 38.3 Å². The summed E-state index contributed by atoms with van der Waals surface area (Å²) < 4.78 is 19.2. The van der Waals surface area contributed by atoms with E-state index < -0.39 is 0 Å². The van der Waals surface area contributed by atoms with Gasteiger partial charge < -0.3 is 15.2 Å². The number of anilines is 2. The number of nitrogens with one attached hydrogen (secondary N) is 1. The van der Waals surface area contributed by atoms with Crippen LogP contribution in [-0.4, -0.2) is 17.2 Å². The third-order valence-corrected chi connectivity index (χ3v) is 4.07. The first-order valence-electron chi connectivity index (χ1n) is 6.91. The van der Waals surface area contributed by atoms with Crippen LogP contribution in [-0.2, 0) is 6.61 Å². The van der Waals surface area contributed by atoms with E-state index >= 15 is 0 Å². The third-order valence-electron chi connectivity index (χ3n) is 3.46. The molecule has 118 valence electrons. The second kappa shape index (κ2) is 6.52. The van der Waals surface area contributed by atoms with Gasteiger partial charge in [0.2, 0.25) is 0 Å². The highest BCUT2D eigenvalue weighted by molar-refractivity contribution is 9.10. The number of methoxy groups -OCH3 is 1. The molecule has 0 bridgehead atoms. The zero-order valence-electron chi connectivity index (χ0n) is 12.3. The summed E-state index contributed by atoms with van der Waals surface area (Å²) in [5.74, 6) is 0.861. The first-order chi connectivity index (χ1) is 11.1. The van der Waals surface area contributed by atoms with Gasteiger partial charge in [-0.25, -0.2) is 9.37 Å². The fraction of sp³-hybridized carbons (Fsp3) is 0.118. The van der Waals surface area contributed by atoms with Gasteiger partial charge in [0.15, 0.2) is 0 Å². The zero-order chi connectivity index (χ0) is 16.4. The first kappa shape index (κ1) is 15.7. The lowest BCUT2D eigenvalue weighted by Crippen LogP contribution is -2.00. The second-order valence-corrected chi connectivity index (χ2v) is 5.82. The van der Waals surface area contributed by atoms with Crippen molar-refractivity contribution in [1.82, 2.24) is 4.98 Å². The van der Waals surface area contributed by atoms with Gasteiger partial charge in [-0.1, -0.05) is 0 Å². The van der Waals surface area contributed by atoms with Crippen molar-refractivity contribution in [2.24, 2.45) is 0 Å². The Labute approximate surface area is 141 Å². The predicted molar refractivity (Wildman–Crippen MR) is 91.6 cm³/mol. The van der Waals surface area contributed by atoms with Crippen molar-refractivity contribution < 1.29 is 14.2 Å². The average Bonchev–Trinajstić information content (AvgIpc) is 2.56. The minimum atomic E-state index is -0.378. The quantitative estimate of drug-likeness (QED) is 0.709. The topological polar surface area (TPSA) is 54.4 Å². The molecular weight excluding hydrogens is 363 g/mol. The van der Waals surface area contributed by atoms with Gasteiger partial charge in [0, 0.05) is 22.7 Å². The summed E-state index contributed by atoms with van der Waals surface area (Å²) >= 11 is 3.16. The molecule has 0 amide bonds. The Hall–Kier alpha value is -2.18. The van der Waals surface area contributed by atoms with Gasteiger partial charge in [0.05, 0.1) is 23.7 Å². The van der Waals surface area contributed by atoms with E-state index in [-0.39, 0.29) is 12.4 Å². The normalized spacial score (nSPS) is 10.8. The van der Waals surface area contributed by atoms with Gasteiger partial charge in [-0.05, 0) is 52.3 Å². The molecule has 0 aliphatic rings. The predicted octanol–water partition coefficient (Wildman–Crippen LogP) is 4.38. The zero-order valence-corrected chi connectivity index (χ0v) is 13.9. The molecule has 6 heteroatoms. The van der Waals surface area contributed by atoms with E-state index in [4.69, 9.17) is 4.74 Å². The number of nitrogens with zero attached hydrogens (tertiary/aromatic N) is 1. The van der Waals surface area contributed by atoms with Gasteiger partial charge in [-0.3, -0.25) is 0 Å². The minimum absolute atomic E-state index is 0.170. The van der Waals surface area contributed by atoms with Crippen LogP contribution in [0.4, 0.5) is 15.9 Å². The van der Waals surface area contributed by atoms with E-state index in [0.29, 0.717) is 21.4 Å². The van der Waals surface area contributed by atoms with Crippen molar-refractivity contribution in [3.05, 3.63) is 58.3 Å². The molecule has 3 rings (SSSR count). The average molecular weight is 377 g/mol. The molecule has 2 aromatic carbocycles. The highest BCUT2D eigenvalue weighted by atomic mass is 79.9. The Kier molecular flexibility index (Phi) is 4.45. The van der Waals surface area contributed by atoms with E-state index in [0.717, 1.165) is 16.8 Å². The van der Waals surface area contributed by atoms with Crippen LogP contribution in [0.15, 0.2) is 46.9 Å². The van der Waals surface area contributed by atoms with Crippen LogP contribution < -0.4 is 10.1 Å². The molecule has 1 aromatic heterocycles. The van der Waals surface area contributed by atoms with E-state index in [1.807, 2.05) is 24.3 Å². The van der Waals surface area contributed by atoms with Crippen LogP contribution in [0.3, 0.4) is 0 Å². The minimum Gasteiger partial charge on any atom is -0.497 e. The molecule has 0 unspecified atom stereocenters. The lowest BCUT2D eigenvalue weighted by Gasteiger charge is -2.12. The van der Waals surface area contributed by atoms with Crippen molar-refractivity contribution in [3.63, 3.8) is 0 Å². The summed E-state index contributed by atoms with van der Waals surface area (Å²) in [6, 6.07) is 12.1. The second-order valence-electron chi connectivity index (χ2n) is 4.97. The van der Waals surface area contributed by atoms with Crippen molar-refractivity contribution in [3.8, 4) is 5.75 Å². The van der Waals surface area contributed by atoms with Crippen molar-refractivity contribution in [1.29, 1.82) is 0 Å². The molecule has 0 aliphatic heterocycles. The molecule has 0 saturated carbocycles. The number of aromatic nitrogens is 1. The maximum Gasteiger partial charge on any atom is 0.139 e. The van der Waals surface area contributed by atoms with Crippen molar-refractivity contribution in [2.45, 2.75) is 6.61 Å². The van der Waals surface area contributed by atoms with Crippen LogP contribution in [0.1, 0.15) is 5.56 Å². The lowest BCUT2D eigenvalue weighted by atomic mass is 10.1. The first-order valence-corrected chi connectivity index (χ1v) is 7.70. The van der Waals surface area contributed by atoms with Crippen LogP contribution >= 0.6 is 15.9 Å². The van der Waals surface area contributed by atoms with Gasteiger partial charge in [-0.2, -0.15) is 0 Å². The molecule has 0 fully saturated rings. The summed E-state index contributed by atoms with van der Waals surface area (Å²) in [5, 5.41) is 13.5. The van der Waals surface area contributed by atoms with Crippen molar-refractivity contribution in [2.75, 3.05) is 12.4 Å². The van der Waals surface area contributed by atoms with E-state index in [9.17, 15) is 9.50 Å². The number of rotatable bonds is 4. The smallest absolute Gasteiger partial charge is 0.139 e. The summed E-state index contributed by atoms with van der Waals surface area (Å²) in [4.78, 5) is 4.42. The number of ether oxygens (including phenoxy) is 1. The fourth-order valence-corrected chi connectivity index (χ4v) is 2.61. The van der Waals surface area contributed by atoms with Gasteiger partial charge in [0.25, 0.3) is 0 Å². The van der Waals surface area contributed by atoms with E-state index in [1.165, 1.54) is 6.07 Å². The molecule has 1 heterocycles. The SMILES string of the molecule is COc1ccc(Nc2nc3cc(F)c(Br)cc3cc2CO)cc1. The molecule has 0 aliphatic carbocycles. The number of fused-ring (bicyclic) bond motifs is 1. The Morgan fingerprint density at radius 2 is 1.96 bits per heavy atom. The largest absolute Gasteiger partial charge is 0.497 e. The van der Waals surface area contributed by atoms with Gasteiger partial charge in [0.1, 0.15) is 17.4 Å². The monoisotopic (exact) mass is 376 g/mol. The van der Waals surface area contributed by atoms with Gasteiger partial charge in [-0.15, -0.1) is 0 Å². The number of hydrogen-bond donors (Lipinski definition) is 2. The fourth-order valence-electron chi connectivity index (χ4n) is 2.25. The van der Waals surface area contributed by atoms with Crippen LogP contribution in [0, 0.1) is 5.82 Å². The highest BCUT2D eigenvalue weighted by Crippen LogP contribution is 2.28. The lowest BCUT2D eigenvalue weighted by molar-refractivity contribution is 0.282. The molecule has 2 N–H and O–H groups in total. The molecule has 0 saturated heterocycles. The molecule has 23 heavy (non-hydrogen) atoms. The molecule has 0 atom stereocenters. The van der Waals surface area contributed by atoms with E-state index in [1.54, 1.807) is 19.2 Å². The molecule has 0 radical (unpaired) electrons. The van der Waals surface area contributed by atoms with Crippen LogP contribution in [0.5, 0.6) is 5.75 Å². The number of halogens is 2. The Morgan fingerprint density at radius 1 is 1.22 bits per heavy atom. The summed E-state index contributed by atoms with van der Waals surface area (Å²) in [5.41, 5.74) is 1.94. The number of aliphatic hydroxyl groups excluding tert-OH is 1. The molecular formula is C17H14BrFN2O2. The maximum absolute atomic E-state index is 13.7. The summed E-state index contributed by atoms with van der Waals surface area (Å²) in [7, 11) is 1.60. The number of hydrogen-bond acceptors (Lipinski definition) is 4. The Morgan fingerprint density at radius 3 is 2.61 bits per heavy atom. The third kappa shape index (κ3) is 3.28. The number of aliphatic hydroxyl groups is 1. The van der Waals surface area contributed by atoms with Crippen LogP contribution in [0.2, 0.25) is 0 Å². The Bertz CT molecular complexity index is 853. The number of benzene rings is 2. The summed E-state index contributed by atoms with van der Waals surface area (Å²) in [6.45, 7) is -0.170. The Balaban J connectivity index is 2.02. The van der Waals surface area contributed by atoms with E-state index in [2.05, 4.69) is 26.2 Å². The molecule has 3 aromatic rings. The molecule has 0 spiro atoms. The standard InChI is InChI=1S/C17H14BrFN2O2/c1-23-13-4-2-12(3-5-13)20-17-11(9-22)6-10-7-14(18)15(19)8-16(10)21-17/h2-8,22H,9H2,1H3,(H,20,21). The maximum atomic E-state index is 13.7.